The van der Waals surface area contributed by atoms with Gasteiger partial charge in [0.25, 0.3) is 0 Å². The first-order chi connectivity index (χ1) is 14.3. The van der Waals surface area contributed by atoms with Crippen molar-refractivity contribution < 1.29 is 32.5 Å². The molecule has 0 spiro atoms. The van der Waals surface area contributed by atoms with E-state index in [0.717, 1.165) is 11.6 Å². The summed E-state index contributed by atoms with van der Waals surface area (Å²) in [6, 6.07) is 9.47. The molecule has 0 unspecified atom stereocenters. The molecule has 0 aliphatic rings. The lowest BCUT2D eigenvalue weighted by molar-refractivity contribution is 0.0696. The predicted octanol–water partition coefficient (Wildman–Crippen LogP) is 1.98. The number of rotatable bonds is 12. The number of anilines is 1. The highest BCUT2D eigenvalue weighted by Crippen LogP contribution is 2.28. The largest absolute Gasteiger partial charge is 0.493 e. The summed E-state index contributed by atoms with van der Waals surface area (Å²) in [6.07, 6.45) is 0.581. The number of methoxy groups -OCH3 is 3. The molecule has 2 aromatic carbocycles. The van der Waals surface area contributed by atoms with Gasteiger partial charge in [0.1, 0.15) is 4.90 Å². The minimum Gasteiger partial charge on any atom is -0.493 e. The Morgan fingerprint density at radius 3 is 2.37 bits per heavy atom. The molecule has 0 aromatic heterocycles. The molecule has 0 heterocycles. The Morgan fingerprint density at radius 1 is 1.00 bits per heavy atom. The quantitative estimate of drug-likeness (QED) is 0.430. The van der Waals surface area contributed by atoms with Gasteiger partial charge in [0.2, 0.25) is 10.0 Å². The molecule has 0 saturated carbocycles. The average molecular weight is 439 g/mol. The fourth-order valence-electron chi connectivity index (χ4n) is 2.76. The smallest absolute Gasteiger partial charge is 0.335 e. The number of hydrogen-bond donors (Lipinski definition) is 3. The van der Waals surface area contributed by atoms with Crippen molar-refractivity contribution in [1.29, 1.82) is 0 Å². The molecule has 2 aromatic rings. The van der Waals surface area contributed by atoms with Gasteiger partial charge >= 0.3 is 5.97 Å². The normalized spacial score (nSPS) is 11.2. The Morgan fingerprint density at radius 2 is 1.73 bits per heavy atom. The third kappa shape index (κ3) is 6.09. The van der Waals surface area contributed by atoms with Gasteiger partial charge in [-0.3, -0.25) is 0 Å². The van der Waals surface area contributed by atoms with Crippen LogP contribution in [-0.4, -0.2) is 60.5 Å². The highest BCUT2D eigenvalue weighted by molar-refractivity contribution is 7.89. The van der Waals surface area contributed by atoms with Crippen molar-refractivity contribution in [3.05, 3.63) is 47.5 Å². The van der Waals surface area contributed by atoms with Crippen LogP contribution in [0.15, 0.2) is 41.3 Å². The molecule has 0 radical (unpaired) electrons. The van der Waals surface area contributed by atoms with Crippen LogP contribution >= 0.6 is 0 Å². The fraction of sp³-hybridized carbons (Fsp3) is 0.350. The van der Waals surface area contributed by atoms with Crippen molar-refractivity contribution in [3.63, 3.8) is 0 Å². The first kappa shape index (κ1) is 23.5. The van der Waals surface area contributed by atoms with Crippen LogP contribution in [0.4, 0.5) is 5.69 Å². The van der Waals surface area contributed by atoms with Gasteiger partial charge in [-0.25, -0.2) is 17.9 Å². The first-order valence-electron chi connectivity index (χ1n) is 9.13. The van der Waals surface area contributed by atoms with Crippen LogP contribution in [0.2, 0.25) is 0 Å². The van der Waals surface area contributed by atoms with Gasteiger partial charge in [0, 0.05) is 20.2 Å². The molecule has 10 heteroatoms. The number of benzene rings is 2. The zero-order valence-corrected chi connectivity index (χ0v) is 17.9. The fourth-order valence-corrected chi connectivity index (χ4v) is 3.98. The van der Waals surface area contributed by atoms with Gasteiger partial charge in [0.15, 0.2) is 11.5 Å². The summed E-state index contributed by atoms with van der Waals surface area (Å²) < 4.78 is 43.1. The number of carboxylic acids is 1. The van der Waals surface area contributed by atoms with Crippen LogP contribution in [0.3, 0.4) is 0 Å². The summed E-state index contributed by atoms with van der Waals surface area (Å²) in [5.74, 6) is 0.0145. The minimum absolute atomic E-state index is 0.0707. The predicted molar refractivity (Wildman–Crippen MR) is 112 cm³/mol. The van der Waals surface area contributed by atoms with Crippen molar-refractivity contribution in [3.8, 4) is 11.5 Å². The molecule has 0 aliphatic carbocycles. The summed E-state index contributed by atoms with van der Waals surface area (Å²) >= 11 is 0. The summed E-state index contributed by atoms with van der Waals surface area (Å²) in [6.45, 7) is 0.684. The van der Waals surface area contributed by atoms with Crippen LogP contribution < -0.4 is 19.5 Å². The molecular formula is C20H26N2O7S. The lowest BCUT2D eigenvalue weighted by atomic mass is 10.1. The lowest BCUT2D eigenvalue weighted by Crippen LogP contribution is -2.28. The molecule has 0 amide bonds. The third-order valence-electron chi connectivity index (χ3n) is 4.29. The zero-order valence-electron chi connectivity index (χ0n) is 17.1. The number of aromatic carboxylic acids is 1. The van der Waals surface area contributed by atoms with E-state index in [4.69, 9.17) is 14.2 Å². The molecular weight excluding hydrogens is 412 g/mol. The van der Waals surface area contributed by atoms with Crippen molar-refractivity contribution in [2.75, 3.05) is 46.3 Å². The van der Waals surface area contributed by atoms with Gasteiger partial charge in [-0.05, 0) is 42.3 Å². The van der Waals surface area contributed by atoms with Crippen molar-refractivity contribution in [2.45, 2.75) is 11.3 Å². The second-order valence-corrected chi connectivity index (χ2v) is 8.01. The molecule has 2 rings (SSSR count). The number of carbonyl (C=O) groups is 1. The molecule has 30 heavy (non-hydrogen) atoms. The van der Waals surface area contributed by atoms with E-state index < -0.39 is 16.0 Å². The van der Waals surface area contributed by atoms with E-state index in [2.05, 4.69) is 10.0 Å². The Bertz CT molecular complexity index is 977. The average Bonchev–Trinajstić information content (AvgIpc) is 2.73. The molecule has 0 fully saturated rings. The summed E-state index contributed by atoms with van der Waals surface area (Å²) in [7, 11) is 0.644. The minimum atomic E-state index is -3.93. The van der Waals surface area contributed by atoms with Gasteiger partial charge in [-0.2, -0.15) is 0 Å². The molecule has 0 saturated heterocycles. The Balaban J connectivity index is 2.19. The van der Waals surface area contributed by atoms with Crippen LogP contribution in [0.5, 0.6) is 11.5 Å². The Hall–Kier alpha value is -2.82. The van der Waals surface area contributed by atoms with Gasteiger partial charge in [-0.1, -0.05) is 6.07 Å². The number of nitrogens with one attached hydrogen (secondary N) is 2. The lowest BCUT2D eigenvalue weighted by Gasteiger charge is -2.15. The van der Waals surface area contributed by atoms with E-state index in [9.17, 15) is 18.3 Å². The van der Waals surface area contributed by atoms with Crippen LogP contribution in [0.25, 0.3) is 0 Å². The number of sulfonamides is 1. The maximum Gasteiger partial charge on any atom is 0.335 e. The zero-order chi connectivity index (χ0) is 22.1. The highest BCUT2D eigenvalue weighted by Gasteiger charge is 2.20. The van der Waals surface area contributed by atoms with E-state index in [0.29, 0.717) is 30.2 Å². The van der Waals surface area contributed by atoms with Crippen LogP contribution in [-0.2, 0) is 21.2 Å². The maximum atomic E-state index is 12.7. The monoisotopic (exact) mass is 438 g/mol. The molecule has 0 bridgehead atoms. The maximum absolute atomic E-state index is 12.7. The van der Waals surface area contributed by atoms with E-state index in [-0.39, 0.29) is 23.6 Å². The second kappa shape index (κ2) is 10.8. The first-order valence-corrected chi connectivity index (χ1v) is 10.6. The molecule has 0 atom stereocenters. The Labute approximate surface area is 176 Å². The molecule has 164 valence electrons. The summed E-state index contributed by atoms with van der Waals surface area (Å²) in [5.41, 5.74) is 1.16. The third-order valence-corrected chi connectivity index (χ3v) is 5.79. The SMILES string of the molecule is COCCNS(=O)(=O)c1cc(C(=O)O)ccc1NCCc1ccc(OC)c(OC)c1. The topological polar surface area (TPSA) is 123 Å². The van der Waals surface area contributed by atoms with Crippen LogP contribution in [0.1, 0.15) is 15.9 Å². The number of carboxylic acid groups (broad SMARTS) is 1. The van der Waals surface area contributed by atoms with Gasteiger partial charge in [-0.15, -0.1) is 0 Å². The van der Waals surface area contributed by atoms with E-state index in [1.54, 1.807) is 20.3 Å². The van der Waals surface area contributed by atoms with Crippen molar-refractivity contribution in [2.24, 2.45) is 0 Å². The van der Waals surface area contributed by atoms with Crippen molar-refractivity contribution in [1.82, 2.24) is 4.72 Å². The standard InChI is InChI=1S/C20H26N2O7S/c1-27-11-10-22-30(25,26)19-13-15(20(23)24)5-6-16(19)21-9-8-14-4-7-17(28-2)18(12-14)29-3/h4-7,12-13,21-22H,8-11H2,1-3H3,(H,23,24). The van der Waals surface area contributed by atoms with E-state index >= 15 is 0 Å². The summed E-state index contributed by atoms with van der Waals surface area (Å²) in [5, 5.41) is 12.3. The number of hydrogen-bond acceptors (Lipinski definition) is 7. The molecule has 9 nitrogen and oxygen atoms in total. The van der Waals surface area contributed by atoms with E-state index in [1.165, 1.54) is 19.2 Å². The second-order valence-electron chi connectivity index (χ2n) is 6.27. The molecule has 3 N–H and O–H groups in total. The van der Waals surface area contributed by atoms with Gasteiger partial charge < -0.3 is 24.6 Å². The van der Waals surface area contributed by atoms with Gasteiger partial charge in [0.05, 0.1) is 32.1 Å². The molecule has 0 aliphatic heterocycles. The summed E-state index contributed by atoms with van der Waals surface area (Å²) in [4.78, 5) is 11.2. The van der Waals surface area contributed by atoms with Crippen molar-refractivity contribution >= 4 is 21.7 Å². The highest BCUT2D eigenvalue weighted by atomic mass is 32.2. The Kier molecular flexibility index (Phi) is 8.46. The van der Waals surface area contributed by atoms with Crippen LogP contribution in [0, 0.1) is 0 Å². The number of ether oxygens (including phenoxy) is 3. The van der Waals surface area contributed by atoms with E-state index in [1.807, 2.05) is 12.1 Å².